The van der Waals surface area contributed by atoms with Gasteiger partial charge in [-0.05, 0) is 11.8 Å². The van der Waals surface area contributed by atoms with E-state index >= 15 is 0 Å². The van der Waals surface area contributed by atoms with Gasteiger partial charge in [0, 0.05) is 25.7 Å². The van der Waals surface area contributed by atoms with E-state index in [2.05, 4.69) is 4.76 Å². The van der Waals surface area contributed by atoms with Crippen molar-refractivity contribution in [2.75, 3.05) is 25.7 Å². The summed E-state index contributed by atoms with van der Waals surface area (Å²) < 4.78 is 15.3. The smallest absolute Gasteiger partial charge is 0.309 e. The molecule has 0 aromatic heterocycles. The Morgan fingerprint density at radius 3 is 2.25 bits per heavy atom. The average molecular weight is 243 g/mol. The first-order valence-electron chi connectivity index (χ1n) is 3.27. The SMILES string of the molecule is COP(=S)(N=C1SCCS1)OC. The van der Waals surface area contributed by atoms with Crippen molar-refractivity contribution in [3.63, 3.8) is 0 Å². The van der Waals surface area contributed by atoms with Crippen LogP contribution in [0.5, 0.6) is 0 Å². The third kappa shape index (κ3) is 3.01. The van der Waals surface area contributed by atoms with Crippen molar-refractivity contribution in [3.8, 4) is 0 Å². The lowest BCUT2D eigenvalue weighted by atomic mass is 11.0. The fourth-order valence-electron chi connectivity index (χ4n) is 0.614. The van der Waals surface area contributed by atoms with E-state index in [9.17, 15) is 0 Å². The molecule has 1 heterocycles. The van der Waals surface area contributed by atoms with E-state index in [-0.39, 0.29) is 0 Å². The molecular weight excluding hydrogens is 233 g/mol. The second-order valence-electron chi connectivity index (χ2n) is 1.90. The van der Waals surface area contributed by atoms with Crippen LogP contribution in [0.2, 0.25) is 0 Å². The van der Waals surface area contributed by atoms with E-state index in [0.717, 1.165) is 15.9 Å². The zero-order valence-electron chi connectivity index (χ0n) is 6.85. The molecule has 70 valence electrons. The summed E-state index contributed by atoms with van der Waals surface area (Å²) in [6.45, 7) is -2.35. The third-order valence-corrected chi connectivity index (χ3v) is 6.44. The molecule has 0 amide bonds. The van der Waals surface area contributed by atoms with Gasteiger partial charge in [0.25, 0.3) is 0 Å². The molecule has 0 unspecified atom stereocenters. The van der Waals surface area contributed by atoms with E-state index < -0.39 is 6.64 Å². The minimum Gasteiger partial charge on any atom is -0.316 e. The first-order chi connectivity index (χ1) is 5.70. The van der Waals surface area contributed by atoms with E-state index in [1.807, 2.05) is 0 Å². The number of nitrogens with zero attached hydrogens (tertiary/aromatic N) is 1. The van der Waals surface area contributed by atoms with Crippen molar-refractivity contribution < 1.29 is 9.05 Å². The van der Waals surface area contributed by atoms with Crippen LogP contribution in [-0.4, -0.2) is 30.1 Å². The molecule has 1 aliphatic heterocycles. The summed E-state index contributed by atoms with van der Waals surface area (Å²) in [4.78, 5) is 0. The van der Waals surface area contributed by atoms with Gasteiger partial charge in [0.2, 0.25) is 0 Å². The quantitative estimate of drug-likeness (QED) is 0.710. The van der Waals surface area contributed by atoms with Crippen LogP contribution in [0.15, 0.2) is 4.76 Å². The predicted molar refractivity (Wildman–Crippen MR) is 60.7 cm³/mol. The highest BCUT2D eigenvalue weighted by atomic mass is 32.5. The van der Waals surface area contributed by atoms with E-state index in [1.165, 1.54) is 0 Å². The van der Waals surface area contributed by atoms with Crippen LogP contribution in [-0.2, 0) is 20.9 Å². The predicted octanol–water partition coefficient (Wildman–Crippen LogP) is 2.34. The van der Waals surface area contributed by atoms with Crippen LogP contribution in [0, 0.1) is 0 Å². The summed E-state index contributed by atoms with van der Waals surface area (Å²) in [5.41, 5.74) is 0. The molecule has 1 saturated heterocycles. The maximum absolute atomic E-state index is 5.09. The summed E-state index contributed by atoms with van der Waals surface area (Å²) in [5, 5.41) is 0. The Kier molecular flexibility index (Phi) is 4.57. The lowest BCUT2D eigenvalue weighted by molar-refractivity contribution is 0.339. The zero-order chi connectivity index (χ0) is 9.03. The summed E-state index contributed by atoms with van der Waals surface area (Å²) in [7, 11) is 3.08. The Balaban J connectivity index is 2.68. The van der Waals surface area contributed by atoms with Gasteiger partial charge in [-0.3, -0.25) is 0 Å². The molecule has 0 aromatic rings. The highest BCUT2D eigenvalue weighted by Gasteiger charge is 2.18. The van der Waals surface area contributed by atoms with Crippen LogP contribution >= 0.6 is 30.2 Å². The third-order valence-electron chi connectivity index (χ3n) is 1.20. The maximum atomic E-state index is 5.09. The minimum atomic E-state index is -2.35. The van der Waals surface area contributed by atoms with Gasteiger partial charge in [0.1, 0.15) is 4.38 Å². The van der Waals surface area contributed by atoms with Crippen molar-refractivity contribution in [1.29, 1.82) is 0 Å². The Hall–Kier alpha value is 0.940. The molecule has 12 heavy (non-hydrogen) atoms. The van der Waals surface area contributed by atoms with Gasteiger partial charge in [0.05, 0.1) is 0 Å². The highest BCUT2D eigenvalue weighted by molar-refractivity contribution is 8.41. The number of rotatable bonds is 3. The van der Waals surface area contributed by atoms with Gasteiger partial charge in [-0.1, -0.05) is 23.5 Å². The molecule has 0 saturated carbocycles. The van der Waals surface area contributed by atoms with Gasteiger partial charge in [-0.2, -0.15) is 4.76 Å². The van der Waals surface area contributed by atoms with Crippen LogP contribution < -0.4 is 0 Å². The summed E-state index contributed by atoms with van der Waals surface area (Å²) >= 11 is 8.52. The first-order valence-corrected chi connectivity index (χ1v) is 7.84. The molecule has 1 aliphatic rings. The van der Waals surface area contributed by atoms with Crippen molar-refractivity contribution >= 4 is 46.3 Å². The maximum Gasteiger partial charge on any atom is 0.309 e. The molecule has 0 N–H and O–H groups in total. The first kappa shape index (κ1) is 11.0. The van der Waals surface area contributed by atoms with Crippen molar-refractivity contribution in [2.24, 2.45) is 4.76 Å². The normalized spacial score (nSPS) is 18.3. The monoisotopic (exact) mass is 243 g/mol. The van der Waals surface area contributed by atoms with Crippen LogP contribution in [0.1, 0.15) is 0 Å². The molecule has 7 heteroatoms. The minimum absolute atomic E-state index is 1.00. The lowest BCUT2D eigenvalue weighted by Gasteiger charge is -2.11. The molecule has 0 bridgehead atoms. The molecule has 0 aliphatic carbocycles. The summed E-state index contributed by atoms with van der Waals surface area (Å²) in [6, 6.07) is 0. The molecule has 0 atom stereocenters. The van der Waals surface area contributed by atoms with Crippen molar-refractivity contribution in [1.82, 2.24) is 0 Å². The molecule has 3 nitrogen and oxygen atoms in total. The van der Waals surface area contributed by atoms with Crippen molar-refractivity contribution in [2.45, 2.75) is 0 Å². The van der Waals surface area contributed by atoms with E-state index in [1.54, 1.807) is 37.7 Å². The molecule has 1 rings (SSSR count). The molecule has 0 aromatic carbocycles. The molecular formula is C5H10NO2PS3. The standard InChI is InChI=1S/C5H10NO2PS3/c1-7-9(10,8-2)6-5-11-3-4-12-5/h3-4H2,1-2H3. The van der Waals surface area contributed by atoms with Crippen LogP contribution in [0.4, 0.5) is 0 Å². The topological polar surface area (TPSA) is 30.8 Å². The van der Waals surface area contributed by atoms with Gasteiger partial charge in [0.15, 0.2) is 0 Å². The second kappa shape index (κ2) is 4.98. The summed E-state index contributed by atoms with van der Waals surface area (Å²) in [6.07, 6.45) is 0. The largest absolute Gasteiger partial charge is 0.316 e. The average Bonchev–Trinajstić information content (AvgIpc) is 2.57. The fraction of sp³-hybridized carbons (Fsp3) is 0.800. The number of hydrogen-bond donors (Lipinski definition) is 0. The number of thioether (sulfide) groups is 2. The van der Waals surface area contributed by atoms with E-state index in [0.29, 0.717) is 0 Å². The van der Waals surface area contributed by atoms with Crippen molar-refractivity contribution in [3.05, 3.63) is 0 Å². The fourth-order valence-corrected chi connectivity index (χ4v) is 4.64. The van der Waals surface area contributed by atoms with Crippen LogP contribution in [0.25, 0.3) is 0 Å². The number of hydrogen-bond acceptors (Lipinski definition) is 5. The van der Waals surface area contributed by atoms with E-state index in [4.69, 9.17) is 20.9 Å². The second-order valence-corrected chi connectivity index (χ2v) is 7.57. The van der Waals surface area contributed by atoms with Crippen LogP contribution in [0.3, 0.4) is 0 Å². The van der Waals surface area contributed by atoms with Gasteiger partial charge in [-0.15, -0.1) is 0 Å². The lowest BCUT2D eigenvalue weighted by Crippen LogP contribution is -1.86. The van der Waals surface area contributed by atoms with Gasteiger partial charge >= 0.3 is 6.64 Å². The Bertz CT molecular complexity index is 217. The summed E-state index contributed by atoms with van der Waals surface area (Å²) in [5.74, 6) is 2.21. The zero-order valence-corrected chi connectivity index (χ0v) is 10.2. The molecule has 0 radical (unpaired) electrons. The Morgan fingerprint density at radius 2 is 1.83 bits per heavy atom. The Morgan fingerprint density at radius 1 is 1.33 bits per heavy atom. The van der Waals surface area contributed by atoms with Gasteiger partial charge < -0.3 is 9.05 Å². The Labute approximate surface area is 85.9 Å². The highest BCUT2D eigenvalue weighted by Crippen LogP contribution is 2.50. The molecule has 1 fully saturated rings. The molecule has 0 spiro atoms. The van der Waals surface area contributed by atoms with Gasteiger partial charge in [-0.25, -0.2) is 0 Å².